The molecule has 0 spiro atoms. The van der Waals surface area contributed by atoms with E-state index in [1.54, 1.807) is 9.80 Å². The molecular weight excluding hydrogens is 342 g/mol. The zero-order chi connectivity index (χ0) is 19.3. The summed E-state index contributed by atoms with van der Waals surface area (Å²) in [5, 5.41) is 0. The maximum absolute atomic E-state index is 13.4. The summed E-state index contributed by atoms with van der Waals surface area (Å²) in [6.07, 6.45) is 1.31. The number of anilines is 2. The summed E-state index contributed by atoms with van der Waals surface area (Å²) >= 11 is 0. The third-order valence-electron chi connectivity index (χ3n) is 5.06. The van der Waals surface area contributed by atoms with Crippen LogP contribution in [0.3, 0.4) is 0 Å². The number of urea groups is 1. The van der Waals surface area contributed by atoms with Gasteiger partial charge in [-0.3, -0.25) is 14.6 Å². The Morgan fingerprint density at radius 1 is 1.04 bits per heavy atom. The number of rotatable bonds is 7. The maximum Gasteiger partial charge on any atom is 0.329 e. The summed E-state index contributed by atoms with van der Waals surface area (Å²) in [4.78, 5) is 28.8. The highest BCUT2D eigenvalue weighted by molar-refractivity contribution is 6.07. The minimum Gasteiger partial charge on any atom is -0.469 e. The Morgan fingerprint density at radius 2 is 1.63 bits per heavy atom. The van der Waals surface area contributed by atoms with E-state index in [0.29, 0.717) is 25.9 Å². The Balaban J connectivity index is 2.03. The second-order valence-electron chi connectivity index (χ2n) is 6.71. The highest BCUT2D eigenvalue weighted by Gasteiger charge is 2.50. The minimum absolute atomic E-state index is 0.106. The number of benzene rings is 2. The molecule has 2 aromatic carbocycles. The van der Waals surface area contributed by atoms with Gasteiger partial charge < -0.3 is 10.5 Å². The first-order chi connectivity index (χ1) is 13.1. The van der Waals surface area contributed by atoms with E-state index in [4.69, 9.17) is 10.5 Å². The number of carbonyl (C=O) groups excluding carboxylic acids is 2. The first kappa shape index (κ1) is 18.9. The largest absolute Gasteiger partial charge is 0.469 e. The molecule has 3 rings (SSSR count). The first-order valence-electron chi connectivity index (χ1n) is 9.10. The highest BCUT2D eigenvalue weighted by atomic mass is 16.5. The number of amides is 2. The molecule has 6 heteroatoms. The SMILES string of the molecule is COC(=O)CCC1(CCN)CN(c2ccccc2)C(=O)N1c1ccccc1. The maximum atomic E-state index is 13.4. The van der Waals surface area contributed by atoms with Crippen molar-refractivity contribution in [3.8, 4) is 0 Å². The van der Waals surface area contributed by atoms with Crippen molar-refractivity contribution in [2.24, 2.45) is 5.73 Å². The zero-order valence-corrected chi connectivity index (χ0v) is 15.5. The molecule has 1 heterocycles. The van der Waals surface area contributed by atoms with E-state index in [-0.39, 0.29) is 18.4 Å². The van der Waals surface area contributed by atoms with Crippen LogP contribution in [-0.2, 0) is 9.53 Å². The number of carbonyl (C=O) groups is 2. The van der Waals surface area contributed by atoms with Crippen molar-refractivity contribution in [2.75, 3.05) is 30.0 Å². The number of nitrogens with two attached hydrogens (primary N) is 1. The number of esters is 1. The molecule has 0 aliphatic carbocycles. The average molecular weight is 367 g/mol. The van der Waals surface area contributed by atoms with Gasteiger partial charge in [0.1, 0.15) is 0 Å². The van der Waals surface area contributed by atoms with Crippen molar-refractivity contribution < 1.29 is 14.3 Å². The lowest BCUT2D eigenvalue weighted by molar-refractivity contribution is -0.141. The van der Waals surface area contributed by atoms with Crippen molar-refractivity contribution in [1.82, 2.24) is 0 Å². The molecule has 0 aromatic heterocycles. The molecule has 1 saturated heterocycles. The predicted octanol–water partition coefficient (Wildman–Crippen LogP) is 3.17. The molecule has 142 valence electrons. The third kappa shape index (κ3) is 3.80. The van der Waals surface area contributed by atoms with Crippen LogP contribution in [0, 0.1) is 0 Å². The second kappa shape index (κ2) is 8.22. The molecular formula is C21H25N3O3. The van der Waals surface area contributed by atoms with Gasteiger partial charge in [-0.1, -0.05) is 36.4 Å². The van der Waals surface area contributed by atoms with E-state index in [9.17, 15) is 9.59 Å². The minimum atomic E-state index is -0.572. The lowest BCUT2D eigenvalue weighted by atomic mass is 9.88. The topological polar surface area (TPSA) is 75.9 Å². The van der Waals surface area contributed by atoms with Crippen LogP contribution in [0.15, 0.2) is 60.7 Å². The number of para-hydroxylation sites is 2. The zero-order valence-electron chi connectivity index (χ0n) is 15.5. The van der Waals surface area contributed by atoms with E-state index < -0.39 is 5.54 Å². The Bertz CT molecular complexity index is 782. The highest BCUT2D eigenvalue weighted by Crippen LogP contribution is 2.39. The van der Waals surface area contributed by atoms with Crippen LogP contribution in [0.4, 0.5) is 16.2 Å². The lowest BCUT2D eigenvalue weighted by Crippen LogP contribution is -2.49. The molecule has 1 atom stereocenters. The van der Waals surface area contributed by atoms with E-state index >= 15 is 0 Å². The summed E-state index contributed by atoms with van der Waals surface area (Å²) in [7, 11) is 1.38. The molecule has 1 aliphatic rings. The predicted molar refractivity (Wildman–Crippen MR) is 106 cm³/mol. The number of nitrogens with zero attached hydrogens (tertiary/aromatic N) is 2. The van der Waals surface area contributed by atoms with Crippen LogP contribution in [0.25, 0.3) is 0 Å². The number of hydrogen-bond donors (Lipinski definition) is 1. The van der Waals surface area contributed by atoms with Gasteiger partial charge in [-0.25, -0.2) is 4.79 Å². The summed E-state index contributed by atoms with van der Waals surface area (Å²) in [6.45, 7) is 0.888. The lowest BCUT2D eigenvalue weighted by Gasteiger charge is -2.36. The molecule has 6 nitrogen and oxygen atoms in total. The van der Waals surface area contributed by atoms with Crippen LogP contribution < -0.4 is 15.5 Å². The quantitative estimate of drug-likeness (QED) is 0.763. The van der Waals surface area contributed by atoms with Crippen LogP contribution in [0.2, 0.25) is 0 Å². The Kier molecular flexibility index (Phi) is 5.76. The number of hydrogen-bond acceptors (Lipinski definition) is 4. The smallest absolute Gasteiger partial charge is 0.329 e. The van der Waals surface area contributed by atoms with E-state index in [0.717, 1.165) is 11.4 Å². The summed E-state index contributed by atoms with van der Waals surface area (Å²) < 4.78 is 4.83. The van der Waals surface area contributed by atoms with E-state index in [2.05, 4.69) is 0 Å². The summed E-state index contributed by atoms with van der Waals surface area (Å²) in [5.41, 5.74) is 7.00. The number of ether oxygens (including phenoxy) is 1. The normalized spacial score (nSPS) is 19.4. The molecule has 2 N–H and O–H groups in total. The van der Waals surface area contributed by atoms with Gasteiger partial charge in [0, 0.05) is 17.8 Å². The van der Waals surface area contributed by atoms with Gasteiger partial charge in [0.15, 0.2) is 0 Å². The molecule has 0 bridgehead atoms. The number of methoxy groups -OCH3 is 1. The van der Waals surface area contributed by atoms with Gasteiger partial charge in [0.2, 0.25) is 0 Å². The molecule has 27 heavy (non-hydrogen) atoms. The summed E-state index contributed by atoms with van der Waals surface area (Å²) in [6, 6.07) is 19.0. The van der Waals surface area contributed by atoms with Gasteiger partial charge in [-0.2, -0.15) is 0 Å². The van der Waals surface area contributed by atoms with E-state index in [1.165, 1.54) is 7.11 Å². The van der Waals surface area contributed by atoms with Crippen molar-refractivity contribution in [1.29, 1.82) is 0 Å². The second-order valence-corrected chi connectivity index (χ2v) is 6.71. The van der Waals surface area contributed by atoms with E-state index in [1.807, 2.05) is 60.7 Å². The molecule has 2 aromatic rings. The third-order valence-corrected chi connectivity index (χ3v) is 5.06. The van der Waals surface area contributed by atoms with Gasteiger partial charge in [0.05, 0.1) is 19.2 Å². The van der Waals surface area contributed by atoms with Crippen LogP contribution in [0.1, 0.15) is 19.3 Å². The van der Waals surface area contributed by atoms with Gasteiger partial charge in [-0.05, 0) is 43.7 Å². The monoisotopic (exact) mass is 367 g/mol. The average Bonchev–Trinajstić information content (AvgIpc) is 3.00. The standard InChI is InChI=1S/C21H25N3O3/c1-27-19(25)12-13-21(14-15-22)16-23(17-8-4-2-5-9-17)20(26)24(21)18-10-6-3-7-11-18/h2-11H,12-16,22H2,1H3. The molecule has 1 unspecified atom stereocenters. The fourth-order valence-electron chi connectivity index (χ4n) is 3.74. The van der Waals surface area contributed by atoms with Gasteiger partial charge in [0.25, 0.3) is 0 Å². The Labute approximate surface area is 159 Å². The van der Waals surface area contributed by atoms with Crippen LogP contribution >= 0.6 is 0 Å². The van der Waals surface area contributed by atoms with Gasteiger partial charge in [-0.15, -0.1) is 0 Å². The Morgan fingerprint density at radius 3 is 2.19 bits per heavy atom. The van der Waals surface area contributed by atoms with Crippen LogP contribution in [0.5, 0.6) is 0 Å². The Hall–Kier alpha value is -2.86. The molecule has 1 aliphatic heterocycles. The fourth-order valence-corrected chi connectivity index (χ4v) is 3.74. The molecule has 2 amide bonds. The summed E-state index contributed by atoms with van der Waals surface area (Å²) in [5.74, 6) is -0.287. The van der Waals surface area contributed by atoms with Gasteiger partial charge >= 0.3 is 12.0 Å². The van der Waals surface area contributed by atoms with Crippen molar-refractivity contribution in [3.63, 3.8) is 0 Å². The molecule has 0 saturated carbocycles. The van der Waals surface area contributed by atoms with Crippen molar-refractivity contribution in [3.05, 3.63) is 60.7 Å². The first-order valence-corrected chi connectivity index (χ1v) is 9.10. The van der Waals surface area contributed by atoms with Crippen molar-refractivity contribution in [2.45, 2.75) is 24.8 Å². The molecule has 0 radical (unpaired) electrons. The fraction of sp³-hybridized carbons (Fsp3) is 0.333. The molecule has 1 fully saturated rings. The van der Waals surface area contributed by atoms with Crippen molar-refractivity contribution >= 4 is 23.4 Å². The van der Waals surface area contributed by atoms with Crippen LogP contribution in [-0.4, -0.2) is 37.7 Å².